The van der Waals surface area contributed by atoms with E-state index in [0.29, 0.717) is 15.9 Å². The summed E-state index contributed by atoms with van der Waals surface area (Å²) in [6, 6.07) is 15.0. The van der Waals surface area contributed by atoms with Gasteiger partial charge in [0.15, 0.2) is 0 Å². The lowest BCUT2D eigenvalue weighted by Gasteiger charge is -2.25. The lowest BCUT2D eigenvalue weighted by Crippen LogP contribution is -2.31. The largest absolute Gasteiger partial charge is 0.244 e. The molecule has 0 saturated carbocycles. The highest BCUT2D eigenvalue weighted by Gasteiger charge is 2.37. The average molecular weight is 445 g/mol. The Kier molecular flexibility index (Phi) is 4.73. The first-order chi connectivity index (χ1) is 10.5. The third-order valence-corrected chi connectivity index (χ3v) is 7.26. The van der Waals surface area contributed by atoms with Gasteiger partial charge in [-0.05, 0) is 52.5 Å². The van der Waals surface area contributed by atoms with Gasteiger partial charge in [0.25, 0.3) is 0 Å². The zero-order valence-electron chi connectivity index (χ0n) is 11.7. The van der Waals surface area contributed by atoms with Gasteiger partial charge in [0.1, 0.15) is 0 Å². The molecule has 1 aliphatic heterocycles. The molecule has 1 saturated heterocycles. The summed E-state index contributed by atoms with van der Waals surface area (Å²) >= 11 is 6.72. The van der Waals surface area contributed by atoms with E-state index in [1.54, 1.807) is 16.4 Å². The Bertz CT molecular complexity index is 778. The van der Waals surface area contributed by atoms with E-state index in [9.17, 15) is 8.42 Å². The number of sulfonamides is 1. The minimum Gasteiger partial charge on any atom is -0.207 e. The van der Waals surface area contributed by atoms with E-state index in [1.165, 1.54) is 0 Å². The first kappa shape index (κ1) is 16.2. The fourth-order valence-corrected chi connectivity index (χ4v) is 5.98. The molecule has 0 bridgehead atoms. The summed E-state index contributed by atoms with van der Waals surface area (Å²) in [5, 5.41) is 0. The van der Waals surface area contributed by atoms with Gasteiger partial charge < -0.3 is 0 Å². The lowest BCUT2D eigenvalue weighted by atomic mass is 10.1. The van der Waals surface area contributed by atoms with Gasteiger partial charge in [-0.25, -0.2) is 8.42 Å². The first-order valence-electron chi connectivity index (χ1n) is 7.02. The molecule has 0 aliphatic carbocycles. The van der Waals surface area contributed by atoms with Crippen molar-refractivity contribution in [2.45, 2.75) is 23.8 Å². The van der Waals surface area contributed by atoms with Crippen molar-refractivity contribution >= 4 is 41.9 Å². The van der Waals surface area contributed by atoms with E-state index in [2.05, 4.69) is 31.9 Å². The molecule has 1 fully saturated rings. The van der Waals surface area contributed by atoms with Crippen molar-refractivity contribution in [2.75, 3.05) is 6.54 Å². The highest BCUT2D eigenvalue weighted by Crippen LogP contribution is 2.38. The Morgan fingerprint density at radius 2 is 1.77 bits per heavy atom. The quantitative estimate of drug-likeness (QED) is 0.685. The number of hydrogen-bond acceptors (Lipinski definition) is 2. The van der Waals surface area contributed by atoms with Crippen LogP contribution in [0.1, 0.15) is 24.4 Å². The van der Waals surface area contributed by atoms with E-state index in [0.717, 1.165) is 22.9 Å². The van der Waals surface area contributed by atoms with Gasteiger partial charge in [-0.3, -0.25) is 0 Å². The topological polar surface area (TPSA) is 37.4 Å². The number of hydrogen-bond donors (Lipinski definition) is 0. The molecule has 2 aromatic carbocycles. The second-order valence-electron chi connectivity index (χ2n) is 5.26. The van der Waals surface area contributed by atoms with Crippen molar-refractivity contribution in [1.82, 2.24) is 4.31 Å². The van der Waals surface area contributed by atoms with Gasteiger partial charge in [0, 0.05) is 15.5 Å². The zero-order chi connectivity index (χ0) is 15.7. The van der Waals surface area contributed by atoms with Crippen molar-refractivity contribution in [3.05, 3.63) is 63.0 Å². The third kappa shape index (κ3) is 3.02. The molecule has 0 unspecified atom stereocenters. The van der Waals surface area contributed by atoms with Crippen LogP contribution in [0.25, 0.3) is 0 Å². The van der Waals surface area contributed by atoms with Crippen molar-refractivity contribution in [2.24, 2.45) is 0 Å². The fraction of sp³-hybridized carbons (Fsp3) is 0.250. The van der Waals surface area contributed by atoms with Crippen LogP contribution in [0.5, 0.6) is 0 Å². The number of nitrogens with zero attached hydrogens (tertiary/aromatic N) is 1. The highest BCUT2D eigenvalue weighted by molar-refractivity contribution is 9.11. The standard InChI is InChI=1S/C16H15Br2NO2S/c17-13-8-9-14(18)16(11-13)22(20,21)19-10-4-7-15(19)12-5-2-1-3-6-12/h1-3,5-6,8-9,11,15H,4,7,10H2/t15-/m0/s1. The third-order valence-electron chi connectivity index (χ3n) is 3.87. The average Bonchev–Trinajstić information content (AvgIpc) is 3.01. The van der Waals surface area contributed by atoms with Crippen LogP contribution in [0, 0.1) is 0 Å². The number of halogens is 2. The molecule has 0 aromatic heterocycles. The predicted molar refractivity (Wildman–Crippen MR) is 94.2 cm³/mol. The Labute approximate surface area is 147 Å². The summed E-state index contributed by atoms with van der Waals surface area (Å²) < 4.78 is 29.1. The second kappa shape index (κ2) is 6.43. The summed E-state index contributed by atoms with van der Waals surface area (Å²) in [7, 11) is -3.53. The molecule has 0 amide bonds. The molecule has 3 nitrogen and oxygen atoms in total. The summed E-state index contributed by atoms with van der Waals surface area (Å²) in [5.41, 5.74) is 1.05. The fourth-order valence-electron chi connectivity index (χ4n) is 2.84. The van der Waals surface area contributed by atoms with Gasteiger partial charge in [-0.1, -0.05) is 46.3 Å². The van der Waals surface area contributed by atoms with E-state index < -0.39 is 10.0 Å². The molecule has 1 aliphatic rings. The predicted octanol–water partition coefficient (Wildman–Crippen LogP) is 4.74. The monoisotopic (exact) mass is 443 g/mol. The van der Waals surface area contributed by atoms with Crippen LogP contribution < -0.4 is 0 Å². The number of benzene rings is 2. The van der Waals surface area contributed by atoms with Crippen molar-refractivity contribution in [3.8, 4) is 0 Å². The molecule has 116 valence electrons. The van der Waals surface area contributed by atoms with Crippen LogP contribution in [0.3, 0.4) is 0 Å². The van der Waals surface area contributed by atoms with Gasteiger partial charge in [0.05, 0.1) is 10.9 Å². The Balaban J connectivity index is 2.03. The van der Waals surface area contributed by atoms with Crippen molar-refractivity contribution in [1.29, 1.82) is 0 Å². The Hall–Kier alpha value is -0.690. The van der Waals surface area contributed by atoms with E-state index in [-0.39, 0.29) is 6.04 Å². The van der Waals surface area contributed by atoms with Crippen LogP contribution in [-0.2, 0) is 10.0 Å². The van der Waals surface area contributed by atoms with Crippen LogP contribution in [0.15, 0.2) is 62.4 Å². The van der Waals surface area contributed by atoms with E-state index in [1.807, 2.05) is 36.4 Å². The SMILES string of the molecule is O=S(=O)(c1cc(Br)ccc1Br)N1CCC[C@H]1c1ccccc1. The molecule has 0 spiro atoms. The van der Waals surface area contributed by atoms with Crippen LogP contribution in [0.4, 0.5) is 0 Å². The Morgan fingerprint density at radius 1 is 1.05 bits per heavy atom. The molecule has 0 radical (unpaired) electrons. The van der Waals surface area contributed by atoms with Crippen LogP contribution in [0.2, 0.25) is 0 Å². The summed E-state index contributed by atoms with van der Waals surface area (Å²) in [6.45, 7) is 0.556. The molecule has 3 rings (SSSR count). The number of rotatable bonds is 3. The zero-order valence-corrected chi connectivity index (χ0v) is 15.7. The first-order valence-corrected chi connectivity index (χ1v) is 10.0. The highest BCUT2D eigenvalue weighted by atomic mass is 79.9. The minimum atomic E-state index is -3.53. The summed E-state index contributed by atoms with van der Waals surface area (Å²) in [4.78, 5) is 0.310. The molecule has 6 heteroatoms. The van der Waals surface area contributed by atoms with Gasteiger partial charge in [0.2, 0.25) is 10.0 Å². The van der Waals surface area contributed by atoms with Crippen molar-refractivity contribution < 1.29 is 8.42 Å². The maximum Gasteiger partial charge on any atom is 0.244 e. The molecular weight excluding hydrogens is 430 g/mol. The van der Waals surface area contributed by atoms with Gasteiger partial charge in [-0.15, -0.1) is 0 Å². The molecule has 1 atom stereocenters. The maximum atomic E-state index is 13.1. The minimum absolute atomic E-state index is 0.0860. The maximum absolute atomic E-state index is 13.1. The smallest absolute Gasteiger partial charge is 0.207 e. The van der Waals surface area contributed by atoms with E-state index >= 15 is 0 Å². The molecular formula is C16H15Br2NO2S. The Morgan fingerprint density at radius 3 is 2.50 bits per heavy atom. The summed E-state index contributed by atoms with van der Waals surface area (Å²) in [6.07, 6.45) is 1.74. The molecule has 2 aromatic rings. The molecule has 22 heavy (non-hydrogen) atoms. The van der Waals surface area contributed by atoms with Gasteiger partial charge in [-0.2, -0.15) is 4.31 Å². The van der Waals surface area contributed by atoms with Crippen LogP contribution in [-0.4, -0.2) is 19.3 Å². The second-order valence-corrected chi connectivity index (χ2v) is 8.89. The van der Waals surface area contributed by atoms with E-state index in [4.69, 9.17) is 0 Å². The van der Waals surface area contributed by atoms with Gasteiger partial charge >= 0.3 is 0 Å². The van der Waals surface area contributed by atoms with Crippen LogP contribution >= 0.6 is 31.9 Å². The van der Waals surface area contributed by atoms with Crippen molar-refractivity contribution in [3.63, 3.8) is 0 Å². The molecule has 1 heterocycles. The normalized spacial score (nSPS) is 19.5. The summed E-state index contributed by atoms with van der Waals surface area (Å²) in [5.74, 6) is 0. The molecule has 0 N–H and O–H groups in total. The lowest BCUT2D eigenvalue weighted by molar-refractivity contribution is 0.396.